The van der Waals surface area contributed by atoms with Crippen LogP contribution in [0.3, 0.4) is 0 Å². The van der Waals surface area contributed by atoms with Gasteiger partial charge in [-0.2, -0.15) is 0 Å². The van der Waals surface area contributed by atoms with E-state index in [4.69, 9.17) is 0 Å². The first kappa shape index (κ1) is 11.8. The van der Waals surface area contributed by atoms with Gasteiger partial charge in [0.25, 0.3) is 0 Å². The van der Waals surface area contributed by atoms with Crippen LogP contribution in [0.2, 0.25) is 0 Å². The predicted molar refractivity (Wildman–Crippen MR) is 63.5 cm³/mol. The third-order valence-corrected chi connectivity index (χ3v) is 3.36. The Bertz CT molecular complexity index is 411. The van der Waals surface area contributed by atoms with Crippen LogP contribution in [-0.2, 0) is 14.3 Å². The van der Waals surface area contributed by atoms with Crippen LogP contribution in [0.5, 0.6) is 0 Å². The molecule has 2 unspecified atom stereocenters. The van der Waals surface area contributed by atoms with Crippen LogP contribution in [0, 0.1) is 5.92 Å². The lowest BCUT2D eigenvalue weighted by Crippen LogP contribution is -2.33. The average molecular weight is 232 g/mol. The Hall–Kier alpha value is -1.64. The van der Waals surface area contributed by atoms with Gasteiger partial charge in [-0.3, -0.25) is 9.59 Å². The molecule has 0 aliphatic heterocycles. The van der Waals surface area contributed by atoms with Crippen LogP contribution in [0.25, 0.3) is 0 Å². The number of carbonyl (C=O) groups is 2. The summed E-state index contributed by atoms with van der Waals surface area (Å²) in [7, 11) is 1.34. The Labute approximate surface area is 101 Å². The molecule has 17 heavy (non-hydrogen) atoms. The van der Waals surface area contributed by atoms with E-state index in [0.717, 1.165) is 18.4 Å². The maximum atomic E-state index is 12.2. The Kier molecular flexibility index (Phi) is 3.57. The molecule has 1 aliphatic carbocycles. The van der Waals surface area contributed by atoms with Crippen LogP contribution < -0.4 is 0 Å². The van der Waals surface area contributed by atoms with Gasteiger partial charge in [-0.05, 0) is 18.4 Å². The molecule has 1 aromatic rings. The first-order valence-electron chi connectivity index (χ1n) is 5.90. The second-order valence-corrected chi connectivity index (χ2v) is 4.37. The van der Waals surface area contributed by atoms with Crippen molar-refractivity contribution in [2.75, 3.05) is 7.11 Å². The second-order valence-electron chi connectivity index (χ2n) is 4.37. The average Bonchev–Trinajstić information content (AvgIpc) is 2.39. The Balaban J connectivity index is 2.20. The molecule has 0 amide bonds. The molecule has 0 radical (unpaired) electrons. The first-order valence-corrected chi connectivity index (χ1v) is 5.90. The van der Waals surface area contributed by atoms with E-state index in [-0.39, 0.29) is 11.7 Å². The van der Waals surface area contributed by atoms with Crippen molar-refractivity contribution in [2.24, 2.45) is 5.92 Å². The van der Waals surface area contributed by atoms with Crippen molar-refractivity contribution in [3.8, 4) is 0 Å². The maximum Gasteiger partial charge on any atom is 0.316 e. The molecule has 3 heteroatoms. The molecule has 2 rings (SSSR count). The summed E-state index contributed by atoms with van der Waals surface area (Å²) in [6.45, 7) is 0. The van der Waals surface area contributed by atoms with Gasteiger partial charge in [0, 0.05) is 5.92 Å². The summed E-state index contributed by atoms with van der Waals surface area (Å²) < 4.78 is 4.68. The Morgan fingerprint density at radius 2 is 1.94 bits per heavy atom. The van der Waals surface area contributed by atoms with Gasteiger partial charge in [0.15, 0.2) is 5.78 Å². The molecule has 1 saturated carbocycles. The standard InChI is InChI=1S/C14H16O3/c1-17-14(16)12-9-5-8-11(13(12)15)10-6-3-2-4-7-10/h2-4,6-7,11-12H,5,8-9H2,1H3. The minimum absolute atomic E-state index is 0.00861. The van der Waals surface area contributed by atoms with E-state index >= 15 is 0 Å². The van der Waals surface area contributed by atoms with Crippen molar-refractivity contribution >= 4 is 11.8 Å². The van der Waals surface area contributed by atoms with E-state index in [1.54, 1.807) is 0 Å². The van der Waals surface area contributed by atoms with E-state index in [1.807, 2.05) is 30.3 Å². The Morgan fingerprint density at radius 1 is 1.24 bits per heavy atom. The number of benzene rings is 1. The summed E-state index contributed by atoms with van der Waals surface area (Å²) in [5, 5.41) is 0. The molecule has 1 aromatic carbocycles. The fourth-order valence-electron chi connectivity index (χ4n) is 2.45. The molecule has 1 aliphatic rings. The summed E-state index contributed by atoms with van der Waals surface area (Å²) in [5.41, 5.74) is 1.01. The zero-order valence-corrected chi connectivity index (χ0v) is 9.89. The minimum Gasteiger partial charge on any atom is -0.468 e. The zero-order chi connectivity index (χ0) is 12.3. The predicted octanol–water partition coefficient (Wildman–Crippen LogP) is 2.31. The van der Waals surface area contributed by atoms with Crippen LogP contribution in [-0.4, -0.2) is 18.9 Å². The number of methoxy groups -OCH3 is 1. The molecule has 0 N–H and O–H groups in total. The number of esters is 1. The lowest BCUT2D eigenvalue weighted by molar-refractivity contribution is -0.151. The highest BCUT2D eigenvalue weighted by molar-refractivity contribution is 6.02. The van der Waals surface area contributed by atoms with Crippen LogP contribution in [0.4, 0.5) is 0 Å². The van der Waals surface area contributed by atoms with Crippen molar-refractivity contribution in [2.45, 2.75) is 25.2 Å². The van der Waals surface area contributed by atoms with Gasteiger partial charge >= 0.3 is 5.97 Å². The number of hydrogen-bond donors (Lipinski definition) is 0. The molecule has 3 nitrogen and oxygen atoms in total. The minimum atomic E-state index is -0.570. The first-order chi connectivity index (χ1) is 8.24. The van der Waals surface area contributed by atoms with Crippen molar-refractivity contribution in [1.29, 1.82) is 0 Å². The van der Waals surface area contributed by atoms with Gasteiger partial charge in [-0.25, -0.2) is 0 Å². The van der Waals surface area contributed by atoms with Gasteiger partial charge in [0.05, 0.1) is 7.11 Å². The highest BCUT2D eigenvalue weighted by Crippen LogP contribution is 2.33. The van der Waals surface area contributed by atoms with Crippen molar-refractivity contribution in [3.63, 3.8) is 0 Å². The van der Waals surface area contributed by atoms with Crippen LogP contribution in [0.1, 0.15) is 30.7 Å². The van der Waals surface area contributed by atoms with Gasteiger partial charge in [-0.15, -0.1) is 0 Å². The van der Waals surface area contributed by atoms with E-state index in [2.05, 4.69) is 4.74 Å². The van der Waals surface area contributed by atoms with Crippen LogP contribution >= 0.6 is 0 Å². The van der Waals surface area contributed by atoms with Crippen molar-refractivity contribution in [3.05, 3.63) is 35.9 Å². The number of hydrogen-bond acceptors (Lipinski definition) is 3. The molecule has 1 fully saturated rings. The number of carbonyl (C=O) groups excluding carboxylic acids is 2. The maximum absolute atomic E-state index is 12.2. The van der Waals surface area contributed by atoms with Crippen molar-refractivity contribution < 1.29 is 14.3 Å². The molecular weight excluding hydrogens is 216 g/mol. The fraction of sp³-hybridized carbons (Fsp3) is 0.429. The highest BCUT2D eigenvalue weighted by atomic mass is 16.5. The monoisotopic (exact) mass is 232 g/mol. The molecule has 0 bridgehead atoms. The van der Waals surface area contributed by atoms with E-state index in [0.29, 0.717) is 6.42 Å². The van der Waals surface area contributed by atoms with Crippen molar-refractivity contribution in [1.82, 2.24) is 0 Å². The molecule has 90 valence electrons. The smallest absolute Gasteiger partial charge is 0.316 e. The fourth-order valence-corrected chi connectivity index (χ4v) is 2.45. The second kappa shape index (κ2) is 5.13. The zero-order valence-electron chi connectivity index (χ0n) is 9.89. The van der Waals surface area contributed by atoms with E-state index in [9.17, 15) is 9.59 Å². The number of ketones is 1. The molecule has 0 saturated heterocycles. The van der Waals surface area contributed by atoms with E-state index in [1.165, 1.54) is 7.11 Å². The Morgan fingerprint density at radius 3 is 2.59 bits per heavy atom. The topological polar surface area (TPSA) is 43.4 Å². The number of rotatable bonds is 2. The van der Waals surface area contributed by atoms with Crippen LogP contribution in [0.15, 0.2) is 30.3 Å². The SMILES string of the molecule is COC(=O)C1CCCC(c2ccccc2)C1=O. The molecule has 0 heterocycles. The van der Waals surface area contributed by atoms with Gasteiger partial charge < -0.3 is 4.74 Å². The van der Waals surface area contributed by atoms with Gasteiger partial charge in [0.2, 0.25) is 0 Å². The summed E-state index contributed by atoms with van der Waals surface area (Å²) >= 11 is 0. The summed E-state index contributed by atoms with van der Waals surface area (Å²) in [6, 6.07) is 9.66. The number of ether oxygens (including phenoxy) is 1. The van der Waals surface area contributed by atoms with Gasteiger partial charge in [-0.1, -0.05) is 36.8 Å². The third kappa shape index (κ3) is 2.38. The summed E-state index contributed by atoms with van der Waals surface area (Å²) in [4.78, 5) is 23.7. The van der Waals surface area contributed by atoms with Gasteiger partial charge in [0.1, 0.15) is 5.92 Å². The summed E-state index contributed by atoms with van der Waals surface area (Å²) in [5.74, 6) is -1.10. The third-order valence-electron chi connectivity index (χ3n) is 3.36. The molecule has 0 spiro atoms. The lowest BCUT2D eigenvalue weighted by Gasteiger charge is -2.26. The number of Topliss-reactive ketones (excluding diaryl/α,β-unsaturated/α-hetero) is 1. The van der Waals surface area contributed by atoms with E-state index < -0.39 is 11.9 Å². The molecule has 2 atom stereocenters. The normalized spacial score (nSPS) is 24.4. The summed E-state index contributed by atoms with van der Waals surface area (Å²) in [6.07, 6.45) is 2.34. The largest absolute Gasteiger partial charge is 0.468 e. The highest BCUT2D eigenvalue weighted by Gasteiger charge is 2.36. The molecular formula is C14H16O3. The molecule has 0 aromatic heterocycles. The quantitative estimate of drug-likeness (QED) is 0.580. The lowest BCUT2D eigenvalue weighted by atomic mass is 9.77.